The van der Waals surface area contributed by atoms with Crippen molar-refractivity contribution in [2.75, 3.05) is 7.05 Å². The van der Waals surface area contributed by atoms with Gasteiger partial charge in [-0.3, -0.25) is 4.99 Å². The number of hydrogen-bond donors (Lipinski definition) is 1. The smallest absolute Gasteiger partial charge is 0.0454 e. The largest absolute Gasteiger partial charge is 0.361 e. The first-order chi connectivity index (χ1) is 5.88. The van der Waals surface area contributed by atoms with Crippen molar-refractivity contribution in [2.45, 2.75) is 0 Å². The maximum Gasteiger partial charge on any atom is 0.0454 e. The van der Waals surface area contributed by atoms with Crippen LogP contribution in [0.15, 0.2) is 29.9 Å². The van der Waals surface area contributed by atoms with Crippen molar-refractivity contribution in [3.63, 3.8) is 0 Å². The number of rotatable bonds is 3. The normalized spacial score (nSPS) is 11.4. The molecule has 62 valence electrons. The van der Waals surface area contributed by atoms with Gasteiger partial charge in [-0.2, -0.15) is 0 Å². The molecule has 1 aromatic heterocycles. The summed E-state index contributed by atoms with van der Waals surface area (Å²) in [4.78, 5) is 6.93. The van der Waals surface area contributed by atoms with Crippen LogP contribution in [0.2, 0.25) is 0 Å². The molecule has 0 fully saturated rings. The van der Waals surface area contributed by atoms with Gasteiger partial charge in [-0.25, -0.2) is 0 Å². The van der Waals surface area contributed by atoms with Crippen LogP contribution < -0.4 is 0 Å². The van der Waals surface area contributed by atoms with Crippen LogP contribution in [0.5, 0.6) is 0 Å². The highest BCUT2D eigenvalue weighted by Crippen LogP contribution is 2.08. The van der Waals surface area contributed by atoms with Gasteiger partial charge in [0.25, 0.3) is 0 Å². The second-order valence-electron chi connectivity index (χ2n) is 2.32. The van der Waals surface area contributed by atoms with Crippen LogP contribution in [0, 0.1) is 0 Å². The molecular weight excluding hydrogens is 148 g/mol. The van der Waals surface area contributed by atoms with Crippen molar-refractivity contribution < 1.29 is 0 Å². The van der Waals surface area contributed by atoms with Crippen LogP contribution in [-0.4, -0.2) is 18.2 Å². The second-order valence-corrected chi connectivity index (χ2v) is 2.32. The number of H-pyrrole nitrogens is 1. The first-order valence-corrected chi connectivity index (χ1v) is 3.77. The number of aromatic amines is 1. The summed E-state index contributed by atoms with van der Waals surface area (Å²) in [6.07, 6.45) is 9.30. The Morgan fingerprint density at radius 2 is 2.42 bits per heavy atom. The molecule has 0 aromatic carbocycles. The van der Waals surface area contributed by atoms with Crippen molar-refractivity contribution in [3.05, 3.63) is 36.2 Å². The summed E-state index contributed by atoms with van der Waals surface area (Å²) in [6, 6.07) is 1.98. The highest BCUT2D eigenvalue weighted by molar-refractivity contribution is 5.79. The van der Waals surface area contributed by atoms with Crippen molar-refractivity contribution in [3.8, 4) is 0 Å². The lowest BCUT2D eigenvalue weighted by Crippen LogP contribution is -1.74. The Morgan fingerprint density at radius 3 is 3.08 bits per heavy atom. The van der Waals surface area contributed by atoms with E-state index in [2.05, 4.69) is 16.6 Å². The number of aromatic nitrogens is 1. The van der Waals surface area contributed by atoms with E-state index in [0.717, 1.165) is 11.3 Å². The molecule has 0 atom stereocenters. The van der Waals surface area contributed by atoms with E-state index >= 15 is 0 Å². The lowest BCUT2D eigenvalue weighted by molar-refractivity contribution is 1.37. The fourth-order valence-corrected chi connectivity index (χ4v) is 0.942. The molecule has 1 aromatic rings. The van der Waals surface area contributed by atoms with Gasteiger partial charge in [-0.15, -0.1) is 0 Å². The van der Waals surface area contributed by atoms with Gasteiger partial charge < -0.3 is 4.98 Å². The third kappa shape index (κ3) is 1.95. The number of nitrogens with one attached hydrogen (secondary N) is 1. The van der Waals surface area contributed by atoms with E-state index in [-0.39, 0.29) is 0 Å². The quantitative estimate of drug-likeness (QED) is 0.657. The first kappa shape index (κ1) is 8.53. The molecule has 2 nitrogen and oxygen atoms in total. The molecule has 0 spiro atoms. The molecule has 0 aliphatic carbocycles. The van der Waals surface area contributed by atoms with Gasteiger partial charge in [-0.1, -0.05) is 12.7 Å². The topological polar surface area (TPSA) is 28.1 Å². The van der Waals surface area contributed by atoms with Gasteiger partial charge in [0, 0.05) is 25.2 Å². The third-order valence-electron chi connectivity index (χ3n) is 1.53. The number of hydrogen-bond acceptors (Lipinski definition) is 1. The van der Waals surface area contributed by atoms with E-state index < -0.39 is 0 Å². The van der Waals surface area contributed by atoms with Crippen LogP contribution in [0.1, 0.15) is 11.3 Å². The van der Waals surface area contributed by atoms with Crippen LogP contribution in [0.3, 0.4) is 0 Å². The molecule has 0 saturated carbocycles. The minimum atomic E-state index is 1.06. The maximum absolute atomic E-state index is 3.84. The van der Waals surface area contributed by atoms with E-state index in [4.69, 9.17) is 0 Å². The van der Waals surface area contributed by atoms with E-state index in [9.17, 15) is 0 Å². The molecule has 0 saturated heterocycles. The summed E-state index contributed by atoms with van der Waals surface area (Å²) in [6.45, 7) is 3.70. The maximum atomic E-state index is 3.84. The monoisotopic (exact) mass is 160 g/mol. The molecule has 2 heteroatoms. The predicted octanol–water partition coefficient (Wildman–Crippen LogP) is 2.37. The SMILES string of the molecule is C=Cc1cc[nH]c1C=CC=NC. The fraction of sp³-hybridized carbons (Fsp3) is 0.100. The molecule has 0 radical (unpaired) electrons. The molecule has 0 aliphatic rings. The van der Waals surface area contributed by atoms with Crippen LogP contribution in [0.4, 0.5) is 0 Å². The molecule has 0 aliphatic heterocycles. The van der Waals surface area contributed by atoms with Crippen molar-refractivity contribution in [1.29, 1.82) is 0 Å². The Morgan fingerprint density at radius 1 is 1.58 bits per heavy atom. The zero-order chi connectivity index (χ0) is 8.81. The summed E-state index contributed by atoms with van der Waals surface area (Å²) in [5, 5.41) is 0. The lowest BCUT2D eigenvalue weighted by Gasteiger charge is -1.88. The zero-order valence-corrected chi connectivity index (χ0v) is 7.12. The van der Waals surface area contributed by atoms with Crippen molar-refractivity contribution in [1.82, 2.24) is 4.98 Å². The van der Waals surface area contributed by atoms with Crippen molar-refractivity contribution in [2.24, 2.45) is 4.99 Å². The standard InChI is InChI=1S/C10H12N2/c1-3-9-6-8-12-10(9)5-4-7-11-2/h3-8,12H,1H2,2H3. The molecule has 0 unspecified atom stereocenters. The average Bonchev–Trinajstić information content (AvgIpc) is 2.52. The first-order valence-electron chi connectivity index (χ1n) is 3.77. The van der Waals surface area contributed by atoms with E-state index in [0.29, 0.717) is 0 Å². The Balaban J connectivity index is 2.80. The predicted molar refractivity (Wildman–Crippen MR) is 54.3 cm³/mol. The molecule has 0 bridgehead atoms. The summed E-state index contributed by atoms with van der Waals surface area (Å²) in [5.41, 5.74) is 2.17. The molecule has 12 heavy (non-hydrogen) atoms. The van der Waals surface area contributed by atoms with E-state index in [1.807, 2.05) is 30.5 Å². The highest BCUT2D eigenvalue weighted by Gasteiger charge is 1.92. The van der Waals surface area contributed by atoms with Crippen molar-refractivity contribution >= 4 is 18.4 Å². The molecule has 1 rings (SSSR count). The van der Waals surface area contributed by atoms with Gasteiger partial charge >= 0.3 is 0 Å². The van der Waals surface area contributed by atoms with Gasteiger partial charge in [0.1, 0.15) is 0 Å². The minimum Gasteiger partial charge on any atom is -0.361 e. The van der Waals surface area contributed by atoms with E-state index in [1.54, 1.807) is 13.3 Å². The highest BCUT2D eigenvalue weighted by atomic mass is 14.7. The average molecular weight is 160 g/mol. The third-order valence-corrected chi connectivity index (χ3v) is 1.53. The number of aliphatic imine (C=N–C) groups is 1. The van der Waals surface area contributed by atoms with Crippen LogP contribution in [0.25, 0.3) is 12.2 Å². The lowest BCUT2D eigenvalue weighted by atomic mass is 10.2. The summed E-state index contributed by atoms with van der Waals surface area (Å²) in [5.74, 6) is 0. The Bertz CT molecular complexity index is 305. The number of nitrogens with zero attached hydrogens (tertiary/aromatic N) is 1. The summed E-state index contributed by atoms with van der Waals surface area (Å²) in [7, 11) is 1.74. The Kier molecular flexibility index (Phi) is 3.08. The van der Waals surface area contributed by atoms with Gasteiger partial charge in [-0.05, 0) is 23.8 Å². The molecule has 1 heterocycles. The Hall–Kier alpha value is -1.57. The van der Waals surface area contributed by atoms with Gasteiger partial charge in [0.05, 0.1) is 0 Å². The van der Waals surface area contributed by atoms with Crippen LogP contribution >= 0.6 is 0 Å². The van der Waals surface area contributed by atoms with Gasteiger partial charge in [0.2, 0.25) is 0 Å². The van der Waals surface area contributed by atoms with Crippen LogP contribution in [-0.2, 0) is 0 Å². The summed E-state index contributed by atoms with van der Waals surface area (Å²) >= 11 is 0. The Labute approximate surface area is 72.3 Å². The minimum absolute atomic E-state index is 1.06. The van der Waals surface area contributed by atoms with E-state index in [1.165, 1.54) is 0 Å². The second kappa shape index (κ2) is 4.34. The summed E-state index contributed by atoms with van der Waals surface area (Å²) < 4.78 is 0. The zero-order valence-electron chi connectivity index (χ0n) is 7.12. The van der Waals surface area contributed by atoms with Gasteiger partial charge in [0.15, 0.2) is 0 Å². The molecule has 0 amide bonds. The molecular formula is C10H12N2. The number of allylic oxidation sites excluding steroid dienone is 1. The molecule has 1 N–H and O–H groups in total. The fourth-order valence-electron chi connectivity index (χ4n) is 0.942.